The minimum absolute atomic E-state index is 0.501. The molecule has 0 spiro atoms. The maximum Gasteiger partial charge on any atom is 0.199 e. The second-order valence-corrected chi connectivity index (χ2v) is 5.27. The zero-order valence-corrected chi connectivity index (χ0v) is 11.4. The van der Waals surface area contributed by atoms with Gasteiger partial charge in [-0.05, 0) is 34.9 Å². The molecule has 0 bridgehead atoms. The molecule has 2 aromatic heterocycles. The van der Waals surface area contributed by atoms with Crippen LogP contribution < -0.4 is 10.6 Å². The van der Waals surface area contributed by atoms with Crippen LogP contribution in [-0.4, -0.2) is 31.1 Å². The first-order valence-electron chi connectivity index (χ1n) is 6.95. The number of tetrazole rings is 1. The van der Waals surface area contributed by atoms with Gasteiger partial charge in [-0.2, -0.15) is 4.52 Å². The Hall–Kier alpha value is -2.70. The lowest BCUT2D eigenvalue weighted by atomic mass is 10.1. The molecule has 1 aromatic carbocycles. The van der Waals surface area contributed by atoms with Crippen LogP contribution in [-0.2, 0) is 6.54 Å². The van der Waals surface area contributed by atoms with Crippen molar-refractivity contribution >= 4 is 17.2 Å². The summed E-state index contributed by atoms with van der Waals surface area (Å²) in [5, 5.41) is 11.7. The van der Waals surface area contributed by atoms with Crippen molar-refractivity contribution in [2.75, 3.05) is 10.6 Å². The van der Waals surface area contributed by atoms with Gasteiger partial charge < -0.3 is 10.6 Å². The number of aromatic nitrogens is 5. The molecule has 1 aliphatic rings. The van der Waals surface area contributed by atoms with E-state index in [1.165, 1.54) is 12.8 Å². The highest BCUT2D eigenvalue weighted by atomic mass is 15.5. The molecule has 7 heteroatoms. The van der Waals surface area contributed by atoms with Crippen LogP contribution in [0.1, 0.15) is 18.4 Å². The van der Waals surface area contributed by atoms with Crippen molar-refractivity contribution in [1.82, 2.24) is 25.0 Å². The number of para-hydroxylation sites is 1. The van der Waals surface area contributed by atoms with Crippen molar-refractivity contribution in [2.45, 2.75) is 25.4 Å². The number of nitrogens with zero attached hydrogens (tertiary/aromatic N) is 6. The lowest BCUT2D eigenvalue weighted by Gasteiger charge is -2.24. The monoisotopic (exact) mass is 281 g/mol. The molecule has 0 aliphatic heterocycles. The van der Waals surface area contributed by atoms with E-state index in [1.54, 1.807) is 16.9 Å². The summed E-state index contributed by atoms with van der Waals surface area (Å²) >= 11 is 0. The van der Waals surface area contributed by atoms with Crippen LogP contribution in [0.5, 0.6) is 0 Å². The summed E-state index contributed by atoms with van der Waals surface area (Å²) in [6.07, 6.45) is 5.81. The molecule has 1 aliphatic carbocycles. The number of hydrogen-bond acceptors (Lipinski definition) is 6. The van der Waals surface area contributed by atoms with E-state index in [-0.39, 0.29) is 0 Å². The second-order valence-electron chi connectivity index (χ2n) is 5.27. The molecule has 7 nitrogen and oxygen atoms in total. The molecule has 0 saturated heterocycles. The van der Waals surface area contributed by atoms with Crippen LogP contribution in [0.3, 0.4) is 0 Å². The zero-order chi connectivity index (χ0) is 14.2. The molecule has 0 atom stereocenters. The SMILES string of the molecule is Nc1ccccc1CN(c1cncc2nnnn12)C1CC1. The number of nitrogen functional groups attached to an aromatic ring is 1. The Labute approximate surface area is 121 Å². The number of anilines is 2. The van der Waals surface area contributed by atoms with Crippen molar-refractivity contribution in [3.8, 4) is 0 Å². The number of benzene rings is 1. The van der Waals surface area contributed by atoms with Gasteiger partial charge in [-0.25, -0.2) is 0 Å². The van der Waals surface area contributed by atoms with E-state index in [0.717, 1.165) is 23.6 Å². The largest absolute Gasteiger partial charge is 0.398 e. The van der Waals surface area contributed by atoms with Crippen molar-refractivity contribution < 1.29 is 0 Å². The van der Waals surface area contributed by atoms with Gasteiger partial charge in [0, 0.05) is 18.3 Å². The Bertz CT molecular complexity index is 778. The Morgan fingerprint density at radius 1 is 1.24 bits per heavy atom. The van der Waals surface area contributed by atoms with Crippen LogP contribution >= 0.6 is 0 Å². The lowest BCUT2D eigenvalue weighted by molar-refractivity contribution is 0.730. The molecule has 0 amide bonds. The van der Waals surface area contributed by atoms with Gasteiger partial charge in [-0.15, -0.1) is 5.10 Å². The Morgan fingerprint density at radius 3 is 2.90 bits per heavy atom. The van der Waals surface area contributed by atoms with Gasteiger partial charge in [-0.3, -0.25) is 4.98 Å². The molecule has 1 fully saturated rings. The smallest absolute Gasteiger partial charge is 0.199 e. The van der Waals surface area contributed by atoms with Gasteiger partial charge in [0.2, 0.25) is 0 Å². The molecule has 2 N–H and O–H groups in total. The summed E-state index contributed by atoms with van der Waals surface area (Å²) in [4.78, 5) is 6.52. The standard InChI is InChI=1S/C14H15N7/c15-12-4-2-1-3-10(12)9-20(11-5-6-11)14-8-16-7-13-17-18-19-21(13)14/h1-4,7-8,11H,5-6,9,15H2. The van der Waals surface area contributed by atoms with E-state index in [4.69, 9.17) is 5.73 Å². The lowest BCUT2D eigenvalue weighted by Crippen LogP contribution is -2.28. The maximum atomic E-state index is 6.07. The number of rotatable bonds is 4. The molecule has 1 saturated carbocycles. The minimum Gasteiger partial charge on any atom is -0.398 e. The Kier molecular flexibility index (Phi) is 2.70. The number of nitrogens with two attached hydrogens (primary N) is 1. The van der Waals surface area contributed by atoms with Crippen LogP contribution in [0.4, 0.5) is 11.5 Å². The first-order valence-corrected chi connectivity index (χ1v) is 6.95. The summed E-state index contributed by atoms with van der Waals surface area (Å²) in [7, 11) is 0. The Balaban J connectivity index is 1.75. The number of fused-ring (bicyclic) bond motifs is 1. The van der Waals surface area contributed by atoms with Gasteiger partial charge in [0.05, 0.1) is 12.4 Å². The van der Waals surface area contributed by atoms with E-state index in [1.807, 2.05) is 18.2 Å². The van der Waals surface area contributed by atoms with Gasteiger partial charge in [0.15, 0.2) is 11.5 Å². The molecule has 0 radical (unpaired) electrons. The van der Waals surface area contributed by atoms with Crippen LogP contribution in [0.2, 0.25) is 0 Å². The molecule has 2 heterocycles. The van der Waals surface area contributed by atoms with Crippen molar-refractivity contribution in [1.29, 1.82) is 0 Å². The fraction of sp³-hybridized carbons (Fsp3) is 0.286. The normalized spacial score (nSPS) is 14.5. The first-order chi connectivity index (χ1) is 10.3. The predicted molar refractivity (Wildman–Crippen MR) is 78.6 cm³/mol. The van der Waals surface area contributed by atoms with E-state index in [2.05, 4.69) is 31.5 Å². The van der Waals surface area contributed by atoms with Crippen LogP contribution in [0, 0.1) is 0 Å². The Morgan fingerprint density at radius 2 is 2.10 bits per heavy atom. The topological polar surface area (TPSA) is 85.2 Å². The molecule has 21 heavy (non-hydrogen) atoms. The quantitative estimate of drug-likeness (QED) is 0.725. The van der Waals surface area contributed by atoms with Gasteiger partial charge in [-0.1, -0.05) is 18.2 Å². The van der Waals surface area contributed by atoms with Gasteiger partial charge in [0.1, 0.15) is 0 Å². The summed E-state index contributed by atoms with van der Waals surface area (Å²) in [6, 6.07) is 8.44. The molecule has 0 unspecified atom stereocenters. The van der Waals surface area contributed by atoms with Crippen LogP contribution in [0.15, 0.2) is 36.7 Å². The summed E-state index contributed by atoms with van der Waals surface area (Å²) in [6.45, 7) is 0.734. The maximum absolute atomic E-state index is 6.07. The fourth-order valence-electron chi connectivity index (χ4n) is 2.50. The molecular formula is C14H15N7. The highest BCUT2D eigenvalue weighted by Gasteiger charge is 2.31. The molecular weight excluding hydrogens is 266 g/mol. The third-order valence-corrected chi connectivity index (χ3v) is 3.77. The average molecular weight is 281 g/mol. The fourth-order valence-corrected chi connectivity index (χ4v) is 2.50. The zero-order valence-electron chi connectivity index (χ0n) is 11.4. The van der Waals surface area contributed by atoms with Crippen molar-refractivity contribution in [3.05, 3.63) is 42.2 Å². The van der Waals surface area contributed by atoms with E-state index in [0.29, 0.717) is 11.7 Å². The highest BCUT2D eigenvalue weighted by Crippen LogP contribution is 2.33. The summed E-state index contributed by atoms with van der Waals surface area (Å²) in [5.41, 5.74) is 8.63. The van der Waals surface area contributed by atoms with E-state index in [9.17, 15) is 0 Å². The molecule has 4 rings (SSSR count). The summed E-state index contributed by atoms with van der Waals surface area (Å²) in [5.74, 6) is 0.906. The summed E-state index contributed by atoms with van der Waals surface area (Å²) < 4.78 is 1.73. The van der Waals surface area contributed by atoms with Crippen molar-refractivity contribution in [3.63, 3.8) is 0 Å². The minimum atomic E-state index is 0.501. The average Bonchev–Trinajstić information content (AvgIpc) is 3.22. The van der Waals surface area contributed by atoms with E-state index < -0.39 is 0 Å². The number of hydrogen-bond donors (Lipinski definition) is 1. The first kappa shape index (κ1) is 12.1. The predicted octanol–water partition coefficient (Wildman–Crippen LogP) is 1.27. The van der Waals surface area contributed by atoms with E-state index >= 15 is 0 Å². The van der Waals surface area contributed by atoms with Gasteiger partial charge in [0.25, 0.3) is 0 Å². The second kappa shape index (κ2) is 4.69. The third-order valence-electron chi connectivity index (χ3n) is 3.77. The molecule has 106 valence electrons. The van der Waals surface area contributed by atoms with Crippen LogP contribution in [0.25, 0.3) is 5.65 Å². The van der Waals surface area contributed by atoms with Crippen molar-refractivity contribution in [2.24, 2.45) is 0 Å². The van der Waals surface area contributed by atoms with Gasteiger partial charge >= 0.3 is 0 Å². The molecule has 3 aromatic rings. The highest BCUT2D eigenvalue weighted by molar-refractivity contribution is 5.52. The third kappa shape index (κ3) is 2.16.